The molecule has 32 heavy (non-hydrogen) atoms. The summed E-state index contributed by atoms with van der Waals surface area (Å²) in [5.41, 5.74) is -0.178. The molecule has 2 heterocycles. The van der Waals surface area contributed by atoms with Crippen LogP contribution < -0.4 is 15.6 Å². The molecule has 2 aliphatic rings. The lowest BCUT2D eigenvalue weighted by Crippen LogP contribution is -2.52. The smallest absolute Gasteiger partial charge is 0.270 e. The third-order valence-corrected chi connectivity index (χ3v) is 6.69. The quantitative estimate of drug-likeness (QED) is 0.615. The van der Waals surface area contributed by atoms with Crippen molar-refractivity contribution in [1.82, 2.24) is 19.5 Å². The molecule has 1 aliphatic heterocycles. The molecule has 170 valence electrons. The summed E-state index contributed by atoms with van der Waals surface area (Å²) in [7, 11) is -3.39. The second kappa shape index (κ2) is 8.34. The fourth-order valence-corrected chi connectivity index (χ4v) is 5.06. The van der Waals surface area contributed by atoms with E-state index in [4.69, 9.17) is 11.6 Å². The molecule has 1 fully saturated rings. The lowest BCUT2D eigenvalue weighted by Gasteiger charge is -2.32. The van der Waals surface area contributed by atoms with Gasteiger partial charge < -0.3 is 14.8 Å². The van der Waals surface area contributed by atoms with Gasteiger partial charge >= 0.3 is 0 Å². The number of fused-ring (bicyclic) bond motifs is 1. The first-order valence-electron chi connectivity index (χ1n) is 10.1. The zero-order valence-electron chi connectivity index (χ0n) is 17.4. The van der Waals surface area contributed by atoms with Crippen LogP contribution in [0.25, 0.3) is 0 Å². The number of hydrogen-bond donors (Lipinski definition) is 2. The maximum absolute atomic E-state index is 12.9. The predicted octanol–water partition coefficient (Wildman–Crippen LogP) is 0.969. The zero-order valence-corrected chi connectivity index (χ0v) is 19.0. The Kier molecular flexibility index (Phi) is 5.87. The number of nitrogens with one attached hydrogen (secondary N) is 2. The minimum atomic E-state index is -3.39. The molecule has 1 aromatic heterocycles. The van der Waals surface area contributed by atoms with Crippen molar-refractivity contribution in [2.45, 2.75) is 31.5 Å². The molecule has 0 unspecified atom stereocenters. The van der Waals surface area contributed by atoms with E-state index in [9.17, 15) is 22.8 Å². The summed E-state index contributed by atoms with van der Waals surface area (Å²) >= 11 is 5.85. The van der Waals surface area contributed by atoms with Gasteiger partial charge in [-0.15, -0.1) is 0 Å². The number of rotatable bonds is 7. The van der Waals surface area contributed by atoms with Crippen molar-refractivity contribution >= 4 is 33.4 Å². The van der Waals surface area contributed by atoms with Crippen molar-refractivity contribution < 1.29 is 18.0 Å². The van der Waals surface area contributed by atoms with Crippen LogP contribution in [0, 0.1) is 0 Å². The van der Waals surface area contributed by atoms with Gasteiger partial charge in [-0.3, -0.25) is 14.4 Å². The van der Waals surface area contributed by atoms with Crippen molar-refractivity contribution in [3.05, 3.63) is 68.6 Å². The Labute approximate surface area is 190 Å². The Hall–Kier alpha value is -2.69. The van der Waals surface area contributed by atoms with Crippen LogP contribution in [-0.4, -0.2) is 54.6 Å². The summed E-state index contributed by atoms with van der Waals surface area (Å²) in [5.74, 6) is -0.882. The summed E-state index contributed by atoms with van der Waals surface area (Å²) in [6, 6.07) is 9.81. The Bertz CT molecular complexity index is 1240. The molecule has 1 aliphatic carbocycles. The highest BCUT2D eigenvalue weighted by Gasteiger charge is 2.47. The Morgan fingerprint density at radius 3 is 2.41 bits per heavy atom. The number of benzene rings is 1. The van der Waals surface area contributed by atoms with Gasteiger partial charge in [-0.05, 0) is 42.7 Å². The van der Waals surface area contributed by atoms with Crippen molar-refractivity contribution in [3.63, 3.8) is 0 Å². The average molecular weight is 479 g/mol. The highest BCUT2D eigenvalue weighted by molar-refractivity contribution is 7.88. The van der Waals surface area contributed by atoms with Gasteiger partial charge in [0.2, 0.25) is 10.0 Å². The van der Waals surface area contributed by atoms with Crippen molar-refractivity contribution in [1.29, 1.82) is 0 Å². The second-order valence-electron chi connectivity index (χ2n) is 8.28. The van der Waals surface area contributed by atoms with E-state index in [2.05, 4.69) is 10.0 Å². The van der Waals surface area contributed by atoms with E-state index in [-0.39, 0.29) is 43.3 Å². The summed E-state index contributed by atoms with van der Waals surface area (Å²) in [6.45, 7) is 0.970. The molecule has 2 amide bonds. The molecule has 1 saturated carbocycles. The third-order valence-electron chi connectivity index (χ3n) is 5.63. The van der Waals surface area contributed by atoms with Gasteiger partial charge in [0.15, 0.2) is 0 Å². The number of halogens is 1. The molecular formula is C21H23ClN4O5S. The van der Waals surface area contributed by atoms with Crippen molar-refractivity contribution in [2.24, 2.45) is 0 Å². The summed E-state index contributed by atoms with van der Waals surface area (Å²) in [4.78, 5) is 39.9. The van der Waals surface area contributed by atoms with Crippen molar-refractivity contribution in [3.8, 4) is 0 Å². The van der Waals surface area contributed by atoms with E-state index in [1.807, 2.05) is 0 Å². The number of carbonyl (C=O) groups excluding carboxylic acids is 2. The highest BCUT2D eigenvalue weighted by Crippen LogP contribution is 2.37. The van der Waals surface area contributed by atoms with E-state index < -0.39 is 27.0 Å². The number of aromatic nitrogens is 1. The summed E-state index contributed by atoms with van der Waals surface area (Å²) < 4.78 is 27.1. The molecule has 1 aromatic carbocycles. The Morgan fingerprint density at radius 2 is 1.78 bits per heavy atom. The topological polar surface area (TPSA) is 118 Å². The molecule has 0 bridgehead atoms. The van der Waals surface area contributed by atoms with Gasteiger partial charge in [0.25, 0.3) is 17.4 Å². The Balaban J connectivity index is 1.47. The molecule has 4 rings (SSSR count). The predicted molar refractivity (Wildman–Crippen MR) is 119 cm³/mol. The number of sulfonamides is 1. The average Bonchev–Trinajstić information content (AvgIpc) is 3.47. The zero-order chi connectivity index (χ0) is 23.1. The standard InChI is InChI=1S/C21H23ClN4O5S/c1-32(30,31)24-21(8-9-21)13-25-10-11-26-17(20(25)29)7-6-16(19(26)28)18(27)23-12-14-2-4-15(22)5-3-14/h2-7,24H,8-13H2,1H3,(H,23,27). The fourth-order valence-electron chi connectivity index (χ4n) is 3.88. The molecule has 0 saturated heterocycles. The minimum Gasteiger partial charge on any atom is -0.348 e. The van der Waals surface area contributed by atoms with Gasteiger partial charge in [0.1, 0.15) is 11.3 Å². The minimum absolute atomic E-state index is 0.0404. The summed E-state index contributed by atoms with van der Waals surface area (Å²) in [6.07, 6.45) is 2.41. The fraction of sp³-hybridized carbons (Fsp3) is 0.381. The lowest BCUT2D eigenvalue weighted by molar-refractivity contribution is 0.0678. The first-order chi connectivity index (χ1) is 15.1. The molecule has 0 atom stereocenters. The number of pyridine rings is 1. The van der Waals surface area contributed by atoms with E-state index in [1.54, 1.807) is 29.2 Å². The van der Waals surface area contributed by atoms with Gasteiger partial charge in [0.05, 0.1) is 11.8 Å². The van der Waals surface area contributed by atoms with Crippen LogP contribution in [0.4, 0.5) is 0 Å². The van der Waals surface area contributed by atoms with Gasteiger partial charge in [-0.2, -0.15) is 0 Å². The van der Waals surface area contributed by atoms with Crippen LogP contribution >= 0.6 is 11.6 Å². The Morgan fingerprint density at radius 1 is 1.09 bits per heavy atom. The lowest BCUT2D eigenvalue weighted by atomic mass is 10.1. The van der Waals surface area contributed by atoms with Crippen LogP contribution in [0.15, 0.2) is 41.2 Å². The van der Waals surface area contributed by atoms with E-state index in [0.29, 0.717) is 17.9 Å². The molecule has 0 radical (unpaired) electrons. The third kappa shape index (κ3) is 4.87. The molecule has 9 nitrogen and oxygen atoms in total. The molecule has 11 heteroatoms. The maximum Gasteiger partial charge on any atom is 0.270 e. The van der Waals surface area contributed by atoms with Crippen LogP contribution in [0.5, 0.6) is 0 Å². The second-order valence-corrected chi connectivity index (χ2v) is 10.5. The van der Waals surface area contributed by atoms with Crippen LogP contribution in [0.1, 0.15) is 39.3 Å². The number of nitrogens with zero attached hydrogens (tertiary/aromatic N) is 2. The maximum atomic E-state index is 12.9. The van der Waals surface area contributed by atoms with Crippen LogP contribution in [-0.2, 0) is 23.1 Å². The number of amides is 2. The normalized spacial score (nSPS) is 17.1. The molecule has 2 N–H and O–H groups in total. The molecule has 0 spiro atoms. The molecule has 2 aromatic rings. The van der Waals surface area contributed by atoms with Gasteiger partial charge in [0, 0.05) is 31.2 Å². The highest BCUT2D eigenvalue weighted by atomic mass is 35.5. The first-order valence-corrected chi connectivity index (χ1v) is 12.4. The largest absolute Gasteiger partial charge is 0.348 e. The SMILES string of the molecule is CS(=O)(=O)NC1(CN2CCn3c(ccc(C(=O)NCc4ccc(Cl)cc4)c3=O)C2=O)CC1. The van der Waals surface area contributed by atoms with Gasteiger partial charge in [-0.25, -0.2) is 13.1 Å². The monoisotopic (exact) mass is 478 g/mol. The van der Waals surface area contributed by atoms with Crippen molar-refractivity contribution in [2.75, 3.05) is 19.3 Å². The van der Waals surface area contributed by atoms with E-state index >= 15 is 0 Å². The first kappa shape index (κ1) is 22.5. The number of hydrogen-bond acceptors (Lipinski definition) is 5. The molecular weight excluding hydrogens is 456 g/mol. The van der Waals surface area contributed by atoms with Gasteiger partial charge in [-0.1, -0.05) is 23.7 Å². The summed E-state index contributed by atoms with van der Waals surface area (Å²) in [5, 5.41) is 3.30. The van der Waals surface area contributed by atoms with Crippen LogP contribution in [0.3, 0.4) is 0 Å². The van der Waals surface area contributed by atoms with Crippen LogP contribution in [0.2, 0.25) is 5.02 Å². The number of carbonyl (C=O) groups is 2. The van der Waals surface area contributed by atoms with E-state index in [0.717, 1.165) is 11.8 Å². The van der Waals surface area contributed by atoms with E-state index in [1.165, 1.54) is 16.7 Å².